The third kappa shape index (κ3) is 5.95. The molecule has 0 spiro atoms. The van der Waals surface area contributed by atoms with Gasteiger partial charge in [-0.3, -0.25) is 0 Å². The maximum Gasteiger partial charge on any atom is 0.360 e. The van der Waals surface area contributed by atoms with Gasteiger partial charge in [0.05, 0.1) is 7.11 Å². The summed E-state index contributed by atoms with van der Waals surface area (Å²) in [5, 5.41) is 7.67. The lowest BCUT2D eigenvalue weighted by Crippen LogP contribution is -2.19. The van der Waals surface area contributed by atoms with Crippen molar-refractivity contribution in [1.29, 1.82) is 0 Å². The molecule has 28 heavy (non-hydrogen) atoms. The molecule has 0 radical (unpaired) electrons. The summed E-state index contributed by atoms with van der Waals surface area (Å²) in [6.07, 6.45) is 0. The highest BCUT2D eigenvalue weighted by atomic mass is 19.1. The standard InChI is InChI=1S/C21H19FN2O4/c1-15(11-12-16-7-6-9-18(22)13-16)23-28-14-17-8-4-5-10-19(17)20(24-27-3)21(25)26-2/h4-10,13H,14H2,1-3H3/b23-15+,24-20+. The average molecular weight is 382 g/mol. The molecule has 0 aliphatic rings. The van der Waals surface area contributed by atoms with Crippen LogP contribution in [0.1, 0.15) is 23.6 Å². The number of halogens is 1. The number of carbonyl (C=O) groups is 1. The van der Waals surface area contributed by atoms with Gasteiger partial charge in [-0.15, -0.1) is 0 Å². The van der Waals surface area contributed by atoms with Crippen molar-refractivity contribution >= 4 is 17.4 Å². The fraction of sp³-hybridized carbons (Fsp3) is 0.190. The van der Waals surface area contributed by atoms with Crippen molar-refractivity contribution in [2.45, 2.75) is 13.5 Å². The zero-order valence-corrected chi connectivity index (χ0v) is 15.7. The number of ether oxygens (including phenoxy) is 1. The molecule has 0 bridgehead atoms. The molecule has 144 valence electrons. The van der Waals surface area contributed by atoms with E-state index in [9.17, 15) is 9.18 Å². The summed E-state index contributed by atoms with van der Waals surface area (Å²) in [5.74, 6) is 4.61. The number of nitrogens with zero attached hydrogens (tertiary/aromatic N) is 2. The highest BCUT2D eigenvalue weighted by molar-refractivity contribution is 6.43. The van der Waals surface area contributed by atoms with E-state index in [2.05, 4.69) is 22.2 Å². The van der Waals surface area contributed by atoms with Crippen LogP contribution in [0.25, 0.3) is 0 Å². The van der Waals surface area contributed by atoms with Crippen LogP contribution in [0.2, 0.25) is 0 Å². The first-order valence-electron chi connectivity index (χ1n) is 8.27. The molecule has 0 unspecified atom stereocenters. The van der Waals surface area contributed by atoms with E-state index in [1.807, 2.05) is 0 Å². The summed E-state index contributed by atoms with van der Waals surface area (Å²) in [7, 11) is 2.60. The molecular formula is C21H19FN2O4. The number of methoxy groups -OCH3 is 1. The van der Waals surface area contributed by atoms with E-state index in [4.69, 9.17) is 14.4 Å². The summed E-state index contributed by atoms with van der Waals surface area (Å²) < 4.78 is 17.9. The van der Waals surface area contributed by atoms with E-state index in [-0.39, 0.29) is 18.1 Å². The van der Waals surface area contributed by atoms with Crippen LogP contribution in [0.15, 0.2) is 58.8 Å². The molecule has 0 aliphatic heterocycles. The Morgan fingerprint density at radius 3 is 2.61 bits per heavy atom. The van der Waals surface area contributed by atoms with Gasteiger partial charge in [0.25, 0.3) is 0 Å². The van der Waals surface area contributed by atoms with E-state index in [0.29, 0.717) is 22.4 Å². The number of hydrogen-bond donors (Lipinski definition) is 0. The van der Waals surface area contributed by atoms with Gasteiger partial charge >= 0.3 is 5.97 Å². The molecule has 0 aromatic heterocycles. The van der Waals surface area contributed by atoms with Gasteiger partial charge in [0.2, 0.25) is 0 Å². The van der Waals surface area contributed by atoms with Crippen LogP contribution in [0.4, 0.5) is 4.39 Å². The van der Waals surface area contributed by atoms with Gasteiger partial charge < -0.3 is 14.4 Å². The molecule has 0 saturated heterocycles. The second-order valence-corrected chi connectivity index (χ2v) is 5.48. The quantitative estimate of drug-likeness (QED) is 0.333. The molecule has 0 amide bonds. The third-order valence-electron chi connectivity index (χ3n) is 3.47. The first-order chi connectivity index (χ1) is 13.5. The Morgan fingerprint density at radius 2 is 1.89 bits per heavy atom. The Balaban J connectivity index is 2.12. The van der Waals surface area contributed by atoms with Crippen molar-refractivity contribution in [3.8, 4) is 11.8 Å². The average Bonchev–Trinajstić information content (AvgIpc) is 2.70. The lowest BCUT2D eigenvalue weighted by Gasteiger charge is -2.09. The monoisotopic (exact) mass is 382 g/mol. The highest BCUT2D eigenvalue weighted by Crippen LogP contribution is 2.13. The molecule has 0 N–H and O–H groups in total. The summed E-state index contributed by atoms with van der Waals surface area (Å²) in [4.78, 5) is 22.0. The number of oxime groups is 2. The molecule has 2 aromatic carbocycles. The molecule has 0 saturated carbocycles. The number of hydrogen-bond acceptors (Lipinski definition) is 6. The molecule has 2 rings (SSSR count). The zero-order valence-electron chi connectivity index (χ0n) is 15.7. The first-order valence-corrected chi connectivity index (χ1v) is 8.27. The zero-order chi connectivity index (χ0) is 20.4. The first kappa shape index (κ1) is 20.6. The summed E-state index contributed by atoms with van der Waals surface area (Å²) >= 11 is 0. The Morgan fingerprint density at radius 1 is 1.11 bits per heavy atom. The number of esters is 1. The van der Waals surface area contributed by atoms with Crippen molar-refractivity contribution in [3.63, 3.8) is 0 Å². The van der Waals surface area contributed by atoms with E-state index >= 15 is 0 Å². The third-order valence-corrected chi connectivity index (χ3v) is 3.47. The Kier molecular flexibility index (Phi) is 7.73. The van der Waals surface area contributed by atoms with Gasteiger partial charge in [0.15, 0.2) is 5.71 Å². The van der Waals surface area contributed by atoms with Crippen molar-refractivity contribution in [3.05, 3.63) is 71.0 Å². The number of carbonyl (C=O) groups excluding carboxylic acids is 1. The summed E-state index contributed by atoms with van der Waals surface area (Å²) in [5.41, 5.74) is 2.16. The van der Waals surface area contributed by atoms with Gasteiger partial charge in [-0.2, -0.15) is 0 Å². The van der Waals surface area contributed by atoms with Crippen LogP contribution in [-0.4, -0.2) is 31.6 Å². The molecule has 0 atom stereocenters. The lowest BCUT2D eigenvalue weighted by atomic mass is 10.0. The van der Waals surface area contributed by atoms with Crippen LogP contribution >= 0.6 is 0 Å². The maximum atomic E-state index is 13.1. The van der Waals surface area contributed by atoms with Crippen LogP contribution < -0.4 is 0 Å². The van der Waals surface area contributed by atoms with Gasteiger partial charge in [-0.1, -0.05) is 46.6 Å². The second-order valence-electron chi connectivity index (χ2n) is 5.48. The van der Waals surface area contributed by atoms with E-state index < -0.39 is 5.97 Å². The number of benzene rings is 2. The van der Waals surface area contributed by atoms with Crippen LogP contribution in [-0.2, 0) is 25.8 Å². The van der Waals surface area contributed by atoms with Crippen molar-refractivity contribution in [2.75, 3.05) is 14.2 Å². The Labute approximate surface area is 162 Å². The molecule has 2 aromatic rings. The predicted molar refractivity (Wildman–Crippen MR) is 103 cm³/mol. The lowest BCUT2D eigenvalue weighted by molar-refractivity contribution is -0.132. The maximum absolute atomic E-state index is 13.1. The molecule has 7 heteroatoms. The minimum atomic E-state index is -0.630. The van der Waals surface area contributed by atoms with Crippen LogP contribution in [0.3, 0.4) is 0 Å². The van der Waals surface area contributed by atoms with E-state index in [1.165, 1.54) is 26.4 Å². The fourth-order valence-corrected chi connectivity index (χ4v) is 2.21. The van der Waals surface area contributed by atoms with Crippen molar-refractivity contribution in [1.82, 2.24) is 0 Å². The molecule has 0 heterocycles. The van der Waals surface area contributed by atoms with E-state index in [1.54, 1.807) is 43.3 Å². The Bertz CT molecular complexity index is 958. The minimum absolute atomic E-state index is 0.0239. The fourth-order valence-electron chi connectivity index (χ4n) is 2.21. The largest absolute Gasteiger partial charge is 0.464 e. The van der Waals surface area contributed by atoms with Crippen LogP contribution in [0.5, 0.6) is 0 Å². The summed E-state index contributed by atoms with van der Waals surface area (Å²) in [6, 6.07) is 13.0. The summed E-state index contributed by atoms with van der Waals surface area (Å²) in [6.45, 7) is 1.75. The normalized spacial score (nSPS) is 11.3. The molecule has 6 nitrogen and oxygen atoms in total. The van der Waals surface area contributed by atoms with E-state index in [0.717, 1.165) is 0 Å². The van der Waals surface area contributed by atoms with Gasteiger partial charge in [0, 0.05) is 16.7 Å². The van der Waals surface area contributed by atoms with Crippen LogP contribution in [0, 0.1) is 17.7 Å². The van der Waals surface area contributed by atoms with Gasteiger partial charge in [0.1, 0.15) is 25.2 Å². The smallest absolute Gasteiger partial charge is 0.360 e. The van der Waals surface area contributed by atoms with Gasteiger partial charge in [-0.25, -0.2) is 9.18 Å². The minimum Gasteiger partial charge on any atom is -0.464 e. The van der Waals surface area contributed by atoms with Gasteiger partial charge in [-0.05, 0) is 31.0 Å². The number of rotatable bonds is 6. The highest BCUT2D eigenvalue weighted by Gasteiger charge is 2.19. The Hall–Kier alpha value is -3.66. The molecule has 0 aliphatic carbocycles. The topological polar surface area (TPSA) is 69.5 Å². The van der Waals surface area contributed by atoms with Crippen molar-refractivity contribution in [2.24, 2.45) is 10.3 Å². The molecule has 0 fully saturated rings. The SMILES string of the molecule is CO/N=C(/C(=O)OC)c1ccccc1CO/N=C(\C)C#Cc1cccc(F)c1. The second kappa shape index (κ2) is 10.5. The molecular weight excluding hydrogens is 363 g/mol. The van der Waals surface area contributed by atoms with Crippen molar-refractivity contribution < 1.29 is 23.6 Å². The predicted octanol–water partition coefficient (Wildman–Crippen LogP) is 3.29.